The molecule has 0 aliphatic carbocycles. The molecule has 5 heteroatoms. The molecule has 0 aromatic carbocycles. The van der Waals surface area contributed by atoms with Gasteiger partial charge in [-0.3, -0.25) is 0 Å². The van der Waals surface area contributed by atoms with E-state index in [1.807, 2.05) is 30.7 Å². The van der Waals surface area contributed by atoms with Gasteiger partial charge in [-0.05, 0) is 32.5 Å². The molecule has 1 N–H and O–H groups in total. The van der Waals surface area contributed by atoms with Crippen LogP contribution >= 0.6 is 0 Å². The normalized spacial score (nSPS) is 11.0. The molecule has 0 bridgehead atoms. The van der Waals surface area contributed by atoms with Crippen LogP contribution in [0.1, 0.15) is 30.1 Å². The van der Waals surface area contributed by atoms with Crippen LogP contribution in [0.5, 0.6) is 0 Å². The minimum atomic E-state index is 0.638. The van der Waals surface area contributed by atoms with Crippen LogP contribution in [0.4, 0.5) is 0 Å². The topological polar surface area (TPSA) is 55.9 Å². The van der Waals surface area contributed by atoms with Crippen molar-refractivity contribution in [1.82, 2.24) is 20.1 Å². The molecule has 92 valence electrons. The molecule has 0 saturated heterocycles. The number of nitrogens with one attached hydrogen (secondary N) is 1. The summed E-state index contributed by atoms with van der Waals surface area (Å²) in [4.78, 5) is 4.26. The summed E-state index contributed by atoms with van der Waals surface area (Å²) >= 11 is 0. The molecule has 0 atom stereocenters. The summed E-state index contributed by atoms with van der Waals surface area (Å²) < 4.78 is 7.56. The van der Waals surface area contributed by atoms with Crippen molar-refractivity contribution in [1.29, 1.82) is 0 Å². The van der Waals surface area contributed by atoms with Crippen molar-refractivity contribution >= 4 is 0 Å². The highest BCUT2D eigenvalue weighted by atomic mass is 16.3. The molecular formula is C12H18N4O. The third-order valence-electron chi connectivity index (χ3n) is 2.53. The van der Waals surface area contributed by atoms with Crippen LogP contribution in [0.15, 0.2) is 16.5 Å². The first kappa shape index (κ1) is 11.9. The van der Waals surface area contributed by atoms with Crippen molar-refractivity contribution in [3.8, 4) is 0 Å². The van der Waals surface area contributed by atoms with Gasteiger partial charge in [-0.2, -0.15) is 5.10 Å². The van der Waals surface area contributed by atoms with Gasteiger partial charge in [0.15, 0.2) is 0 Å². The fraction of sp³-hybridized carbons (Fsp3) is 0.500. The second kappa shape index (κ2) is 5.14. The highest BCUT2D eigenvalue weighted by molar-refractivity contribution is 5.08. The Labute approximate surface area is 101 Å². The van der Waals surface area contributed by atoms with Gasteiger partial charge in [0.1, 0.15) is 29.7 Å². The summed E-state index contributed by atoms with van der Waals surface area (Å²) in [6.07, 6.45) is 0. The lowest BCUT2D eigenvalue weighted by Crippen LogP contribution is -2.10. The average Bonchev–Trinajstić information content (AvgIpc) is 2.84. The van der Waals surface area contributed by atoms with Crippen molar-refractivity contribution in [2.24, 2.45) is 0 Å². The van der Waals surface area contributed by atoms with E-state index in [0.717, 1.165) is 36.3 Å². The lowest BCUT2D eigenvalue weighted by Gasteiger charge is -2.00. The zero-order valence-corrected chi connectivity index (χ0v) is 10.5. The predicted molar refractivity (Wildman–Crippen MR) is 64.7 cm³/mol. The molecular weight excluding hydrogens is 216 g/mol. The molecule has 2 aromatic heterocycles. The van der Waals surface area contributed by atoms with E-state index in [1.54, 1.807) is 0 Å². The Morgan fingerprint density at radius 1 is 1.29 bits per heavy atom. The molecule has 2 heterocycles. The van der Waals surface area contributed by atoms with Gasteiger partial charge in [-0.25, -0.2) is 9.67 Å². The predicted octanol–water partition coefficient (Wildman–Crippen LogP) is 1.65. The van der Waals surface area contributed by atoms with E-state index in [9.17, 15) is 0 Å². The number of nitrogens with zero attached hydrogens (tertiary/aromatic N) is 3. The maximum atomic E-state index is 5.70. The number of aromatic nitrogens is 3. The maximum Gasteiger partial charge on any atom is 0.147 e. The van der Waals surface area contributed by atoms with Gasteiger partial charge < -0.3 is 9.73 Å². The standard InChI is InChI=1S/C12H18N4O/c1-4-13-7-11-5-6-12(17-11)8-16-10(3)14-9(2)15-16/h5-6,13H,4,7-8H2,1-3H3. The molecule has 5 nitrogen and oxygen atoms in total. The first-order valence-electron chi connectivity index (χ1n) is 5.85. The Balaban J connectivity index is 2.03. The molecule has 0 aliphatic heterocycles. The van der Waals surface area contributed by atoms with E-state index >= 15 is 0 Å². The lowest BCUT2D eigenvalue weighted by molar-refractivity contribution is 0.430. The van der Waals surface area contributed by atoms with Crippen molar-refractivity contribution in [2.45, 2.75) is 33.9 Å². The van der Waals surface area contributed by atoms with Crippen LogP contribution in [0.3, 0.4) is 0 Å². The van der Waals surface area contributed by atoms with Crippen LogP contribution in [0.2, 0.25) is 0 Å². The minimum absolute atomic E-state index is 0.638. The smallest absolute Gasteiger partial charge is 0.147 e. The van der Waals surface area contributed by atoms with Gasteiger partial charge in [-0.15, -0.1) is 0 Å². The molecule has 0 radical (unpaired) electrons. The Morgan fingerprint density at radius 2 is 2.06 bits per heavy atom. The Kier molecular flexibility index (Phi) is 3.58. The number of hydrogen-bond donors (Lipinski definition) is 1. The fourth-order valence-electron chi connectivity index (χ4n) is 1.71. The van der Waals surface area contributed by atoms with Crippen LogP contribution in [-0.2, 0) is 13.1 Å². The van der Waals surface area contributed by atoms with Gasteiger partial charge in [0.2, 0.25) is 0 Å². The van der Waals surface area contributed by atoms with Crippen molar-refractivity contribution in [3.05, 3.63) is 35.3 Å². The summed E-state index contributed by atoms with van der Waals surface area (Å²) in [6, 6.07) is 3.99. The molecule has 0 fully saturated rings. The van der Waals surface area contributed by atoms with E-state index in [2.05, 4.69) is 22.3 Å². The Hall–Kier alpha value is -1.62. The Morgan fingerprint density at radius 3 is 2.71 bits per heavy atom. The van der Waals surface area contributed by atoms with Gasteiger partial charge in [0.25, 0.3) is 0 Å². The zero-order chi connectivity index (χ0) is 12.3. The van der Waals surface area contributed by atoms with E-state index in [-0.39, 0.29) is 0 Å². The van der Waals surface area contributed by atoms with E-state index in [0.29, 0.717) is 6.54 Å². The highest BCUT2D eigenvalue weighted by Gasteiger charge is 2.06. The highest BCUT2D eigenvalue weighted by Crippen LogP contribution is 2.10. The quantitative estimate of drug-likeness (QED) is 0.854. The first-order chi connectivity index (χ1) is 8.19. The van der Waals surface area contributed by atoms with E-state index < -0.39 is 0 Å². The third kappa shape index (κ3) is 2.94. The average molecular weight is 234 g/mol. The molecule has 0 unspecified atom stereocenters. The summed E-state index contributed by atoms with van der Waals surface area (Å²) in [6.45, 7) is 8.26. The van der Waals surface area contributed by atoms with Crippen molar-refractivity contribution in [3.63, 3.8) is 0 Å². The summed E-state index contributed by atoms with van der Waals surface area (Å²) in [5.74, 6) is 3.57. The van der Waals surface area contributed by atoms with Gasteiger partial charge in [0.05, 0.1) is 6.54 Å². The molecule has 0 saturated carbocycles. The minimum Gasteiger partial charge on any atom is -0.463 e. The van der Waals surface area contributed by atoms with E-state index in [4.69, 9.17) is 4.42 Å². The number of rotatable bonds is 5. The molecule has 17 heavy (non-hydrogen) atoms. The van der Waals surface area contributed by atoms with Crippen LogP contribution < -0.4 is 5.32 Å². The molecule has 2 aromatic rings. The van der Waals surface area contributed by atoms with Crippen molar-refractivity contribution in [2.75, 3.05) is 6.54 Å². The van der Waals surface area contributed by atoms with Gasteiger partial charge in [-0.1, -0.05) is 6.92 Å². The Bertz CT molecular complexity index is 486. The SMILES string of the molecule is CCNCc1ccc(Cn2nc(C)nc2C)o1. The molecule has 0 spiro atoms. The lowest BCUT2D eigenvalue weighted by atomic mass is 10.4. The van der Waals surface area contributed by atoms with Crippen LogP contribution in [-0.4, -0.2) is 21.3 Å². The molecule has 0 amide bonds. The molecule has 0 aliphatic rings. The van der Waals surface area contributed by atoms with E-state index in [1.165, 1.54) is 0 Å². The maximum absolute atomic E-state index is 5.70. The summed E-state index contributed by atoms with van der Waals surface area (Å²) in [5, 5.41) is 7.54. The van der Waals surface area contributed by atoms with Crippen molar-refractivity contribution < 1.29 is 4.42 Å². The zero-order valence-electron chi connectivity index (χ0n) is 10.5. The van der Waals surface area contributed by atoms with Crippen LogP contribution in [0, 0.1) is 13.8 Å². The fourth-order valence-corrected chi connectivity index (χ4v) is 1.71. The summed E-state index contributed by atoms with van der Waals surface area (Å²) in [7, 11) is 0. The van der Waals surface area contributed by atoms with Gasteiger partial charge >= 0.3 is 0 Å². The number of aryl methyl sites for hydroxylation is 2. The van der Waals surface area contributed by atoms with Gasteiger partial charge in [0, 0.05) is 0 Å². The largest absolute Gasteiger partial charge is 0.463 e. The molecule has 2 rings (SSSR count). The monoisotopic (exact) mass is 234 g/mol. The number of furan rings is 1. The second-order valence-corrected chi connectivity index (χ2v) is 4.01. The second-order valence-electron chi connectivity index (χ2n) is 4.01. The van der Waals surface area contributed by atoms with Crippen LogP contribution in [0.25, 0.3) is 0 Å². The number of hydrogen-bond acceptors (Lipinski definition) is 4. The summed E-state index contributed by atoms with van der Waals surface area (Å²) in [5.41, 5.74) is 0. The third-order valence-corrected chi connectivity index (χ3v) is 2.53. The first-order valence-corrected chi connectivity index (χ1v) is 5.85.